The summed E-state index contributed by atoms with van der Waals surface area (Å²) in [5.74, 6) is 1.10. The maximum absolute atomic E-state index is 11.7. The molecule has 102 valence electrons. The molecule has 18 heavy (non-hydrogen) atoms. The lowest BCUT2D eigenvalue weighted by Gasteiger charge is -2.15. The number of hydrogen-bond acceptors (Lipinski definition) is 3. The number of ether oxygens (including phenoxy) is 1. The predicted octanol–water partition coefficient (Wildman–Crippen LogP) is 2.30. The number of nitrogens with one attached hydrogen (secondary N) is 1. The summed E-state index contributed by atoms with van der Waals surface area (Å²) in [5, 5.41) is 0. The fraction of sp³-hybridized carbons (Fsp3) is 0.500. The molecule has 1 aromatic carbocycles. The van der Waals surface area contributed by atoms with Crippen LogP contribution in [0.15, 0.2) is 24.3 Å². The van der Waals surface area contributed by atoms with Crippen LogP contribution in [0.1, 0.15) is 24.9 Å². The normalized spacial score (nSPS) is 13.3. The second kappa shape index (κ2) is 6.97. The third-order valence-corrected chi connectivity index (χ3v) is 4.30. The SMILES string of the molecule is COc1cccc([C@@H](C)NS(=O)(=O)CCCCl)c1. The summed E-state index contributed by atoms with van der Waals surface area (Å²) in [6, 6.07) is 7.03. The molecule has 0 aromatic heterocycles. The number of sulfonamides is 1. The Bertz CT molecular complexity index is 476. The Labute approximate surface area is 113 Å². The standard InChI is InChI=1S/C12H18ClNO3S/c1-10(14-18(15,16)8-4-7-13)11-5-3-6-12(9-11)17-2/h3,5-6,9-10,14H,4,7-8H2,1-2H3/t10-/m1/s1. The first-order chi connectivity index (χ1) is 8.48. The summed E-state index contributed by atoms with van der Waals surface area (Å²) >= 11 is 5.49. The van der Waals surface area contributed by atoms with Crippen LogP contribution in [0, 0.1) is 0 Å². The van der Waals surface area contributed by atoms with Crippen molar-refractivity contribution in [2.75, 3.05) is 18.7 Å². The second-order valence-electron chi connectivity index (χ2n) is 3.98. The first-order valence-corrected chi connectivity index (χ1v) is 7.87. The topological polar surface area (TPSA) is 55.4 Å². The highest BCUT2D eigenvalue weighted by Gasteiger charge is 2.15. The van der Waals surface area contributed by atoms with Crippen LogP contribution in [-0.4, -0.2) is 27.2 Å². The van der Waals surface area contributed by atoms with E-state index in [-0.39, 0.29) is 11.8 Å². The van der Waals surface area contributed by atoms with E-state index >= 15 is 0 Å². The molecule has 1 aromatic rings. The van der Waals surface area contributed by atoms with Crippen molar-refractivity contribution in [3.8, 4) is 5.75 Å². The van der Waals surface area contributed by atoms with Gasteiger partial charge >= 0.3 is 0 Å². The van der Waals surface area contributed by atoms with Crippen molar-refractivity contribution < 1.29 is 13.2 Å². The number of hydrogen-bond donors (Lipinski definition) is 1. The summed E-state index contributed by atoms with van der Waals surface area (Å²) < 4.78 is 31.2. The van der Waals surface area contributed by atoms with Crippen LogP contribution in [0.3, 0.4) is 0 Å². The van der Waals surface area contributed by atoms with Crippen LogP contribution >= 0.6 is 11.6 Å². The Kier molecular flexibility index (Phi) is 5.91. The molecule has 1 rings (SSSR count). The first-order valence-electron chi connectivity index (χ1n) is 5.68. The number of rotatable bonds is 7. The van der Waals surface area contributed by atoms with Gasteiger partial charge in [0.1, 0.15) is 5.75 Å². The van der Waals surface area contributed by atoms with Crippen LogP contribution in [0.2, 0.25) is 0 Å². The average Bonchev–Trinajstić information content (AvgIpc) is 2.36. The van der Waals surface area contributed by atoms with Gasteiger partial charge in [0, 0.05) is 11.9 Å². The quantitative estimate of drug-likeness (QED) is 0.784. The van der Waals surface area contributed by atoms with Gasteiger partial charge in [-0.05, 0) is 31.0 Å². The monoisotopic (exact) mass is 291 g/mol. The van der Waals surface area contributed by atoms with Crippen molar-refractivity contribution in [3.63, 3.8) is 0 Å². The lowest BCUT2D eigenvalue weighted by molar-refractivity contribution is 0.413. The summed E-state index contributed by atoms with van der Waals surface area (Å²) in [7, 11) is -1.71. The molecule has 6 heteroatoms. The molecular formula is C12H18ClNO3S. The van der Waals surface area contributed by atoms with Crippen molar-refractivity contribution in [1.29, 1.82) is 0 Å². The summed E-state index contributed by atoms with van der Waals surface area (Å²) in [6.07, 6.45) is 0.446. The Morgan fingerprint density at radius 1 is 1.44 bits per heavy atom. The number of benzene rings is 1. The Morgan fingerprint density at radius 2 is 2.17 bits per heavy atom. The smallest absolute Gasteiger partial charge is 0.212 e. The minimum Gasteiger partial charge on any atom is -0.497 e. The minimum atomic E-state index is -3.29. The zero-order chi connectivity index (χ0) is 13.6. The van der Waals surface area contributed by atoms with Gasteiger partial charge in [0.2, 0.25) is 10.0 Å². The van der Waals surface area contributed by atoms with Gasteiger partial charge in [-0.15, -0.1) is 11.6 Å². The van der Waals surface area contributed by atoms with Crippen LogP contribution in [-0.2, 0) is 10.0 Å². The van der Waals surface area contributed by atoms with E-state index in [0.29, 0.717) is 18.1 Å². The van der Waals surface area contributed by atoms with Crippen LogP contribution < -0.4 is 9.46 Å². The number of alkyl halides is 1. The molecule has 1 atom stereocenters. The van der Waals surface area contributed by atoms with E-state index in [9.17, 15) is 8.42 Å². The summed E-state index contributed by atoms with van der Waals surface area (Å²) in [5.41, 5.74) is 0.865. The molecule has 0 saturated carbocycles. The van der Waals surface area contributed by atoms with Crippen molar-refractivity contribution >= 4 is 21.6 Å². The van der Waals surface area contributed by atoms with E-state index in [4.69, 9.17) is 16.3 Å². The van der Waals surface area contributed by atoms with Crippen LogP contribution in [0.5, 0.6) is 5.75 Å². The van der Waals surface area contributed by atoms with E-state index in [1.165, 1.54) is 0 Å². The van der Waals surface area contributed by atoms with E-state index in [2.05, 4.69) is 4.72 Å². The van der Waals surface area contributed by atoms with Crippen LogP contribution in [0.25, 0.3) is 0 Å². The predicted molar refractivity (Wildman–Crippen MR) is 73.7 cm³/mol. The fourth-order valence-corrected chi connectivity index (χ4v) is 3.16. The third-order valence-electron chi connectivity index (χ3n) is 2.50. The van der Waals surface area contributed by atoms with Crippen molar-refractivity contribution in [2.45, 2.75) is 19.4 Å². The zero-order valence-corrected chi connectivity index (χ0v) is 12.1. The van der Waals surface area contributed by atoms with Crippen LogP contribution in [0.4, 0.5) is 0 Å². The van der Waals surface area contributed by atoms with Crippen molar-refractivity contribution in [3.05, 3.63) is 29.8 Å². The molecule has 0 aliphatic heterocycles. The van der Waals surface area contributed by atoms with E-state index < -0.39 is 10.0 Å². The third kappa shape index (κ3) is 4.84. The van der Waals surface area contributed by atoms with E-state index in [0.717, 1.165) is 5.56 Å². The molecule has 0 spiro atoms. The van der Waals surface area contributed by atoms with Crippen molar-refractivity contribution in [1.82, 2.24) is 4.72 Å². The highest BCUT2D eigenvalue weighted by molar-refractivity contribution is 7.89. The molecule has 0 amide bonds. The molecule has 0 fully saturated rings. The van der Waals surface area contributed by atoms with Crippen molar-refractivity contribution in [2.24, 2.45) is 0 Å². The minimum absolute atomic E-state index is 0.0464. The first kappa shape index (κ1) is 15.3. The number of halogens is 1. The molecule has 4 nitrogen and oxygen atoms in total. The highest BCUT2D eigenvalue weighted by Crippen LogP contribution is 2.19. The molecule has 1 N–H and O–H groups in total. The van der Waals surface area contributed by atoms with Gasteiger partial charge in [-0.3, -0.25) is 0 Å². The molecular weight excluding hydrogens is 274 g/mol. The van der Waals surface area contributed by atoms with Gasteiger partial charge in [0.15, 0.2) is 0 Å². The molecule has 0 unspecified atom stereocenters. The molecule has 0 heterocycles. The highest BCUT2D eigenvalue weighted by atomic mass is 35.5. The molecule has 0 aliphatic rings. The lowest BCUT2D eigenvalue weighted by atomic mass is 10.1. The molecule has 0 saturated heterocycles. The average molecular weight is 292 g/mol. The Hall–Kier alpha value is -0.780. The lowest BCUT2D eigenvalue weighted by Crippen LogP contribution is -2.29. The maximum Gasteiger partial charge on any atom is 0.212 e. The van der Waals surface area contributed by atoms with Gasteiger partial charge in [0.25, 0.3) is 0 Å². The molecule has 0 radical (unpaired) electrons. The Balaban J connectivity index is 2.72. The van der Waals surface area contributed by atoms with E-state index in [1.54, 1.807) is 14.0 Å². The second-order valence-corrected chi connectivity index (χ2v) is 6.23. The van der Waals surface area contributed by atoms with E-state index in [1.807, 2.05) is 24.3 Å². The maximum atomic E-state index is 11.7. The zero-order valence-electron chi connectivity index (χ0n) is 10.5. The Morgan fingerprint density at radius 3 is 2.78 bits per heavy atom. The number of methoxy groups -OCH3 is 1. The molecule has 0 aliphatic carbocycles. The van der Waals surface area contributed by atoms with Gasteiger partial charge in [-0.2, -0.15) is 0 Å². The van der Waals surface area contributed by atoms with Gasteiger partial charge in [-0.1, -0.05) is 12.1 Å². The fourth-order valence-electron chi connectivity index (χ4n) is 1.55. The summed E-state index contributed by atoms with van der Waals surface area (Å²) in [6.45, 7) is 1.80. The van der Waals surface area contributed by atoms with Gasteiger partial charge in [0.05, 0.1) is 12.9 Å². The summed E-state index contributed by atoms with van der Waals surface area (Å²) in [4.78, 5) is 0. The van der Waals surface area contributed by atoms with Gasteiger partial charge in [-0.25, -0.2) is 13.1 Å². The van der Waals surface area contributed by atoms with Gasteiger partial charge < -0.3 is 4.74 Å². The largest absolute Gasteiger partial charge is 0.497 e. The molecule has 0 bridgehead atoms.